The van der Waals surface area contributed by atoms with E-state index in [1.54, 1.807) is 0 Å². The monoisotopic (exact) mass is 780 g/mol. The highest BCUT2D eigenvalue weighted by molar-refractivity contribution is 8.44. The SMILES string of the molecule is CC(C)(C)[Si](C)(C)OC1C2COP(=O)(S)O[C@H]3C[C@H](Nc4ncncc4F)CC3COP(=O)(S)O[C@H]1[C@H](n1cnc3c(=O)[nH]c(N)nc31)O2. The van der Waals surface area contributed by atoms with E-state index in [0.29, 0.717) is 6.42 Å². The first-order valence-electron chi connectivity index (χ1n) is 15.4. The van der Waals surface area contributed by atoms with Gasteiger partial charge in [-0.3, -0.25) is 27.9 Å². The number of nitrogens with zero attached hydrogens (tertiary/aromatic N) is 5. The summed E-state index contributed by atoms with van der Waals surface area (Å²) in [4.78, 5) is 31.1. The molecule has 6 rings (SSSR count). The lowest BCUT2D eigenvalue weighted by atomic mass is 10.1. The quantitative estimate of drug-likeness (QED) is 0.135. The molecule has 0 amide bonds. The Bertz CT molecular complexity index is 1870. The summed E-state index contributed by atoms with van der Waals surface area (Å²) in [5, 5.41) is 2.73. The Labute approximate surface area is 292 Å². The second kappa shape index (κ2) is 13.6. The molecule has 9 atom stereocenters. The highest BCUT2D eigenvalue weighted by atomic mass is 32.7. The first-order valence-corrected chi connectivity index (χ1v) is 23.7. The predicted octanol–water partition coefficient (Wildman–Crippen LogP) is 4.70. The molecule has 17 nitrogen and oxygen atoms in total. The van der Waals surface area contributed by atoms with Crippen molar-refractivity contribution in [1.29, 1.82) is 0 Å². The van der Waals surface area contributed by atoms with Crippen LogP contribution in [0.1, 0.15) is 39.8 Å². The summed E-state index contributed by atoms with van der Waals surface area (Å²) in [6.45, 7) is 1.30. The molecule has 3 aromatic heterocycles. The van der Waals surface area contributed by atoms with Gasteiger partial charge in [0.1, 0.15) is 24.6 Å². The molecule has 1 saturated carbocycles. The van der Waals surface area contributed by atoms with Crippen LogP contribution in [0.3, 0.4) is 0 Å². The topological polar surface area (TPSA) is 217 Å². The zero-order valence-corrected chi connectivity index (χ0v) is 31.8. The van der Waals surface area contributed by atoms with Gasteiger partial charge in [-0.15, -0.1) is 0 Å². The average Bonchev–Trinajstić information content (AvgIpc) is 3.66. The van der Waals surface area contributed by atoms with Gasteiger partial charge in [-0.2, -0.15) is 4.98 Å². The van der Waals surface area contributed by atoms with Crippen molar-refractivity contribution in [3.05, 3.63) is 35.0 Å². The van der Waals surface area contributed by atoms with Crippen molar-refractivity contribution in [3.63, 3.8) is 0 Å². The minimum Gasteiger partial charge on any atom is -0.408 e. The van der Waals surface area contributed by atoms with E-state index < -0.39 is 75.9 Å². The van der Waals surface area contributed by atoms with E-state index in [1.165, 1.54) is 17.2 Å². The van der Waals surface area contributed by atoms with E-state index in [2.05, 4.69) is 54.7 Å². The zero-order chi connectivity index (χ0) is 35.5. The number of imidazole rings is 1. The smallest absolute Gasteiger partial charge is 0.386 e. The summed E-state index contributed by atoms with van der Waals surface area (Å²) >= 11 is 8.62. The largest absolute Gasteiger partial charge is 0.408 e. The van der Waals surface area contributed by atoms with Crippen molar-refractivity contribution >= 4 is 69.3 Å². The predicted molar refractivity (Wildman–Crippen MR) is 186 cm³/mol. The lowest BCUT2D eigenvalue weighted by molar-refractivity contribution is -0.0482. The van der Waals surface area contributed by atoms with E-state index >= 15 is 0 Å². The molecule has 4 N–H and O–H groups in total. The third-order valence-corrected chi connectivity index (χ3v) is 17.0. The Kier molecular flexibility index (Phi) is 10.2. The number of H-pyrrole nitrogens is 1. The van der Waals surface area contributed by atoms with Gasteiger partial charge in [0.25, 0.3) is 5.56 Å². The van der Waals surface area contributed by atoms with Crippen LogP contribution in [0.15, 0.2) is 23.6 Å². The van der Waals surface area contributed by atoms with Gasteiger partial charge in [0, 0.05) is 12.0 Å². The van der Waals surface area contributed by atoms with Crippen LogP contribution in [-0.4, -0.2) is 81.5 Å². The minimum atomic E-state index is -4.22. The van der Waals surface area contributed by atoms with Crippen molar-refractivity contribution < 1.29 is 40.8 Å². The second-order valence-corrected chi connectivity index (χ2v) is 24.2. The van der Waals surface area contributed by atoms with Gasteiger partial charge in [0.2, 0.25) is 5.95 Å². The molecule has 270 valence electrons. The van der Waals surface area contributed by atoms with Crippen LogP contribution in [0.5, 0.6) is 0 Å². The fourth-order valence-electron chi connectivity index (χ4n) is 5.83. The van der Waals surface area contributed by atoms with Crippen LogP contribution < -0.4 is 16.6 Å². The molecule has 3 aromatic rings. The van der Waals surface area contributed by atoms with Gasteiger partial charge in [-0.1, -0.05) is 45.3 Å². The number of rotatable bonds is 5. The van der Waals surface area contributed by atoms with E-state index in [-0.39, 0.29) is 47.6 Å². The summed E-state index contributed by atoms with van der Waals surface area (Å²) in [6.07, 6.45) is -0.965. The molecule has 0 spiro atoms. The summed E-state index contributed by atoms with van der Waals surface area (Å²) in [5.74, 6) is -1.34. The van der Waals surface area contributed by atoms with Crippen molar-refractivity contribution in [1.82, 2.24) is 29.5 Å². The van der Waals surface area contributed by atoms with Gasteiger partial charge < -0.3 is 24.7 Å². The molecule has 2 aliphatic heterocycles. The number of hydrogen-bond acceptors (Lipinski definition) is 15. The number of nitrogen functional groups attached to an aromatic ring is 1. The van der Waals surface area contributed by atoms with Crippen LogP contribution in [0, 0.1) is 11.7 Å². The standard InChI is InChI=1S/C26H39FN8O9P2S2Si/c1-26(2,3)49(4,5)44-19-17-10-40-45(37,47)42-16-7-14(32-21-15(27)8-29-11-30-21)6-13(16)9-39-46(38,48)43-20(19)24(41-17)35-12-31-18-22(35)33-25(28)34-23(18)36/h8,11-14,16-17,19-20,24H,6-7,9-10H2,1-5H3,(H,37,47)(H,38,48)(H,29,30,32)(H3,28,33,34,36)/t13?,14-,16+,17?,19?,20-,24-,45?,46?/m1/s1. The molecule has 3 aliphatic rings. The van der Waals surface area contributed by atoms with E-state index in [1.807, 2.05) is 33.9 Å². The highest BCUT2D eigenvalue weighted by Gasteiger charge is 2.55. The van der Waals surface area contributed by atoms with Crippen LogP contribution in [0.25, 0.3) is 11.2 Å². The number of aromatic nitrogens is 6. The van der Waals surface area contributed by atoms with E-state index in [4.69, 9.17) is 33.0 Å². The third-order valence-electron chi connectivity index (χ3n) is 9.26. The van der Waals surface area contributed by atoms with Crippen LogP contribution in [0.4, 0.5) is 16.2 Å². The molecular formula is C26H39FN8O9P2S2Si. The number of nitrogens with one attached hydrogen (secondary N) is 2. The Balaban J connectivity index is 1.36. The molecular weight excluding hydrogens is 741 g/mol. The van der Waals surface area contributed by atoms with Gasteiger partial charge >= 0.3 is 13.6 Å². The zero-order valence-electron chi connectivity index (χ0n) is 27.3. The summed E-state index contributed by atoms with van der Waals surface area (Å²) in [6, 6.07) is -0.395. The fourth-order valence-corrected chi connectivity index (χ4v) is 10.2. The summed E-state index contributed by atoms with van der Waals surface area (Å²) < 4.78 is 80.6. The summed E-state index contributed by atoms with van der Waals surface area (Å²) in [5.41, 5.74) is 5.32. The number of halogens is 1. The lowest BCUT2D eigenvalue weighted by Crippen LogP contribution is -2.50. The Morgan fingerprint density at radius 1 is 1.12 bits per heavy atom. The Morgan fingerprint density at radius 2 is 1.84 bits per heavy atom. The summed E-state index contributed by atoms with van der Waals surface area (Å²) in [7, 11) is -2.62. The average molecular weight is 781 g/mol. The lowest BCUT2D eigenvalue weighted by Gasteiger charge is -2.40. The first kappa shape index (κ1) is 36.9. The fraction of sp³-hybridized carbons (Fsp3) is 0.654. The normalized spacial score (nSPS) is 34.6. The van der Waals surface area contributed by atoms with Crippen molar-refractivity contribution in [2.24, 2.45) is 5.92 Å². The van der Waals surface area contributed by atoms with Crippen LogP contribution >= 0.6 is 38.1 Å². The maximum atomic E-state index is 14.3. The van der Waals surface area contributed by atoms with E-state index in [9.17, 15) is 18.3 Å². The Morgan fingerprint density at radius 3 is 2.55 bits per heavy atom. The third kappa shape index (κ3) is 7.96. The Hall–Kier alpha value is -1.90. The molecule has 3 fully saturated rings. The minimum absolute atomic E-state index is 0.0129. The molecule has 49 heavy (non-hydrogen) atoms. The first-order chi connectivity index (χ1) is 22.8. The number of ether oxygens (including phenoxy) is 1. The number of fused-ring (bicyclic) bond motifs is 4. The molecule has 2 saturated heterocycles. The number of thiol groups is 2. The molecule has 0 radical (unpaired) electrons. The second-order valence-electron chi connectivity index (χ2n) is 13.7. The van der Waals surface area contributed by atoms with Gasteiger partial charge in [-0.05, 0) is 31.0 Å². The van der Waals surface area contributed by atoms with Crippen molar-refractivity contribution in [2.75, 3.05) is 24.3 Å². The molecule has 23 heteroatoms. The molecule has 1 aliphatic carbocycles. The molecule has 0 aromatic carbocycles. The number of hydrogen-bond donors (Lipinski definition) is 5. The van der Waals surface area contributed by atoms with Crippen LogP contribution in [-0.2, 0) is 36.4 Å². The molecule has 2 bridgehead atoms. The highest BCUT2D eigenvalue weighted by Crippen LogP contribution is 2.61. The number of anilines is 2. The van der Waals surface area contributed by atoms with Crippen molar-refractivity contribution in [2.45, 2.75) is 88.4 Å². The van der Waals surface area contributed by atoms with Crippen LogP contribution in [0.2, 0.25) is 18.1 Å². The van der Waals surface area contributed by atoms with Gasteiger partial charge in [-0.25, -0.2) is 28.5 Å². The molecule has 5 heterocycles. The molecule has 5 unspecified atom stereocenters. The number of nitrogens with two attached hydrogens (primary N) is 1. The van der Waals surface area contributed by atoms with E-state index in [0.717, 1.165) is 6.20 Å². The maximum absolute atomic E-state index is 14.3. The van der Waals surface area contributed by atoms with Gasteiger partial charge in [0.05, 0.1) is 31.8 Å². The van der Waals surface area contributed by atoms with Gasteiger partial charge in [0.15, 0.2) is 37.3 Å². The maximum Gasteiger partial charge on any atom is 0.386 e. The van der Waals surface area contributed by atoms with Crippen molar-refractivity contribution in [3.8, 4) is 0 Å². The number of aromatic amines is 1.